The van der Waals surface area contributed by atoms with E-state index >= 15 is 0 Å². The molecule has 0 bridgehead atoms. The van der Waals surface area contributed by atoms with Gasteiger partial charge < -0.3 is 10.0 Å². The Bertz CT molecular complexity index is 480. The number of carbonyl (C=O) groups excluding carboxylic acids is 1. The summed E-state index contributed by atoms with van der Waals surface area (Å²) in [6, 6.07) is 0. The lowest BCUT2D eigenvalue weighted by molar-refractivity contribution is -0.137. The minimum absolute atomic E-state index is 0.262. The fourth-order valence-corrected chi connectivity index (χ4v) is 2.08. The third-order valence-electron chi connectivity index (χ3n) is 3.03. The number of carboxylic acids is 1. The van der Waals surface area contributed by atoms with Crippen LogP contribution in [0.1, 0.15) is 42.0 Å². The Morgan fingerprint density at radius 1 is 1.32 bits per heavy atom. The molecule has 0 fully saturated rings. The van der Waals surface area contributed by atoms with Gasteiger partial charge in [-0.2, -0.15) is 5.10 Å². The van der Waals surface area contributed by atoms with E-state index in [1.807, 2.05) is 13.8 Å². The number of aryl methyl sites for hydroxylation is 2. The summed E-state index contributed by atoms with van der Waals surface area (Å²) in [5.41, 5.74) is 1.98. The molecule has 0 atom stereocenters. The van der Waals surface area contributed by atoms with Gasteiger partial charge in [0.15, 0.2) is 0 Å². The fraction of sp³-hybridized carbons (Fsp3) is 0.615. The molecule has 1 rings (SSSR count). The normalized spacial score (nSPS) is 10.5. The maximum absolute atomic E-state index is 12.4. The van der Waals surface area contributed by atoms with E-state index < -0.39 is 5.97 Å². The SMILES string of the molecule is CCCn1nc(C)c(C(=O)N(CC)CC(=O)O)c1C. The molecule has 1 N–H and O–H groups in total. The minimum atomic E-state index is -1.01. The van der Waals surface area contributed by atoms with Gasteiger partial charge in [-0.15, -0.1) is 0 Å². The molecule has 106 valence electrons. The average Bonchev–Trinajstić information content (AvgIpc) is 2.61. The zero-order valence-corrected chi connectivity index (χ0v) is 11.9. The van der Waals surface area contributed by atoms with E-state index in [1.54, 1.807) is 18.5 Å². The zero-order chi connectivity index (χ0) is 14.6. The van der Waals surface area contributed by atoms with E-state index in [1.165, 1.54) is 4.90 Å². The molecule has 0 saturated heterocycles. The third-order valence-corrected chi connectivity index (χ3v) is 3.03. The van der Waals surface area contributed by atoms with Crippen LogP contribution in [0, 0.1) is 13.8 Å². The van der Waals surface area contributed by atoms with Crippen LogP contribution in [0.2, 0.25) is 0 Å². The summed E-state index contributed by atoms with van der Waals surface area (Å²) < 4.78 is 1.80. The largest absolute Gasteiger partial charge is 0.480 e. The number of carbonyl (C=O) groups is 2. The molecule has 0 aliphatic rings. The van der Waals surface area contributed by atoms with Crippen LogP contribution < -0.4 is 0 Å². The lowest BCUT2D eigenvalue weighted by Crippen LogP contribution is -2.36. The van der Waals surface area contributed by atoms with E-state index in [0.717, 1.165) is 18.7 Å². The molecule has 1 aromatic heterocycles. The van der Waals surface area contributed by atoms with Crippen LogP contribution in [-0.2, 0) is 11.3 Å². The van der Waals surface area contributed by atoms with Gasteiger partial charge in [0.2, 0.25) is 0 Å². The van der Waals surface area contributed by atoms with Gasteiger partial charge in [0.05, 0.1) is 11.3 Å². The number of carboxylic acid groups (broad SMARTS) is 1. The second-order valence-electron chi connectivity index (χ2n) is 4.48. The first-order valence-corrected chi connectivity index (χ1v) is 6.47. The minimum Gasteiger partial charge on any atom is -0.480 e. The zero-order valence-electron chi connectivity index (χ0n) is 11.9. The first kappa shape index (κ1) is 15.2. The number of hydrogen-bond donors (Lipinski definition) is 1. The van der Waals surface area contributed by atoms with Crippen LogP contribution in [0.5, 0.6) is 0 Å². The third kappa shape index (κ3) is 3.33. The van der Waals surface area contributed by atoms with Crippen molar-refractivity contribution in [1.82, 2.24) is 14.7 Å². The first-order chi connectivity index (χ1) is 8.92. The Morgan fingerprint density at radius 2 is 1.95 bits per heavy atom. The van der Waals surface area contributed by atoms with Crippen LogP contribution in [0.3, 0.4) is 0 Å². The van der Waals surface area contributed by atoms with Crippen molar-refractivity contribution in [3.8, 4) is 0 Å². The van der Waals surface area contributed by atoms with Crippen LogP contribution in [0.15, 0.2) is 0 Å². The molecule has 0 aliphatic heterocycles. The summed E-state index contributed by atoms with van der Waals surface area (Å²) in [7, 11) is 0. The molecule has 0 aliphatic carbocycles. The van der Waals surface area contributed by atoms with Gasteiger partial charge in [-0.25, -0.2) is 0 Å². The number of rotatable bonds is 6. The molecule has 0 unspecified atom stereocenters. The Balaban J connectivity index is 3.07. The summed E-state index contributed by atoms with van der Waals surface area (Å²) in [5.74, 6) is -1.27. The number of aliphatic carboxylic acids is 1. The monoisotopic (exact) mass is 267 g/mol. The van der Waals surface area contributed by atoms with Crippen LogP contribution >= 0.6 is 0 Å². The van der Waals surface area contributed by atoms with Crippen molar-refractivity contribution in [2.24, 2.45) is 0 Å². The summed E-state index contributed by atoms with van der Waals surface area (Å²) in [4.78, 5) is 24.5. The maximum atomic E-state index is 12.4. The van der Waals surface area contributed by atoms with Gasteiger partial charge in [-0.05, 0) is 27.2 Å². The molecular formula is C13H21N3O3. The smallest absolute Gasteiger partial charge is 0.323 e. The van der Waals surface area contributed by atoms with Crippen molar-refractivity contribution in [3.05, 3.63) is 17.0 Å². The quantitative estimate of drug-likeness (QED) is 0.846. The van der Waals surface area contributed by atoms with Gasteiger partial charge in [-0.3, -0.25) is 14.3 Å². The van der Waals surface area contributed by atoms with Crippen LogP contribution in [-0.4, -0.2) is 44.8 Å². The molecule has 1 aromatic rings. The molecule has 1 heterocycles. The van der Waals surface area contributed by atoms with Gasteiger partial charge in [0.25, 0.3) is 5.91 Å². The Labute approximate surface area is 113 Å². The molecule has 0 saturated carbocycles. The predicted molar refractivity (Wildman–Crippen MR) is 71.2 cm³/mol. The summed E-state index contributed by atoms with van der Waals surface area (Å²) in [6.45, 7) is 8.27. The van der Waals surface area contributed by atoms with Crippen molar-refractivity contribution < 1.29 is 14.7 Å². The molecule has 6 heteroatoms. The van der Waals surface area contributed by atoms with Gasteiger partial charge in [0.1, 0.15) is 6.54 Å². The molecule has 1 amide bonds. The van der Waals surface area contributed by atoms with E-state index in [-0.39, 0.29) is 12.5 Å². The number of aromatic nitrogens is 2. The standard InChI is InChI=1S/C13H21N3O3/c1-5-7-16-10(4)12(9(3)14-16)13(19)15(6-2)8-11(17)18/h5-8H2,1-4H3,(H,17,18). The average molecular weight is 267 g/mol. The highest BCUT2D eigenvalue weighted by Crippen LogP contribution is 2.16. The van der Waals surface area contributed by atoms with Crippen LogP contribution in [0.4, 0.5) is 0 Å². The van der Waals surface area contributed by atoms with Crippen molar-refractivity contribution >= 4 is 11.9 Å². The summed E-state index contributed by atoms with van der Waals surface area (Å²) >= 11 is 0. The highest BCUT2D eigenvalue weighted by atomic mass is 16.4. The maximum Gasteiger partial charge on any atom is 0.323 e. The van der Waals surface area contributed by atoms with Crippen molar-refractivity contribution in [2.75, 3.05) is 13.1 Å². The number of nitrogens with zero attached hydrogens (tertiary/aromatic N) is 3. The second-order valence-corrected chi connectivity index (χ2v) is 4.48. The molecule has 0 spiro atoms. The Morgan fingerprint density at radius 3 is 2.42 bits per heavy atom. The van der Waals surface area contributed by atoms with E-state index in [9.17, 15) is 9.59 Å². The number of hydrogen-bond acceptors (Lipinski definition) is 3. The summed E-state index contributed by atoms with van der Waals surface area (Å²) in [6.07, 6.45) is 0.933. The van der Waals surface area contributed by atoms with Gasteiger partial charge in [-0.1, -0.05) is 6.92 Å². The Hall–Kier alpha value is -1.85. The van der Waals surface area contributed by atoms with Crippen LogP contribution in [0.25, 0.3) is 0 Å². The highest BCUT2D eigenvalue weighted by Gasteiger charge is 2.24. The lowest BCUT2D eigenvalue weighted by Gasteiger charge is -2.18. The number of likely N-dealkylation sites (N-methyl/N-ethyl adjacent to an activating group) is 1. The fourth-order valence-electron chi connectivity index (χ4n) is 2.08. The summed E-state index contributed by atoms with van der Waals surface area (Å²) in [5, 5.41) is 13.2. The lowest BCUT2D eigenvalue weighted by atomic mass is 10.1. The molecular weight excluding hydrogens is 246 g/mol. The Kier molecular flexibility index (Phi) is 5.09. The molecule has 19 heavy (non-hydrogen) atoms. The first-order valence-electron chi connectivity index (χ1n) is 6.47. The van der Waals surface area contributed by atoms with Crippen molar-refractivity contribution in [1.29, 1.82) is 0 Å². The molecule has 6 nitrogen and oxygen atoms in total. The van der Waals surface area contributed by atoms with Gasteiger partial charge >= 0.3 is 5.97 Å². The van der Waals surface area contributed by atoms with E-state index in [4.69, 9.17) is 5.11 Å². The number of amides is 1. The van der Waals surface area contributed by atoms with Gasteiger partial charge in [0, 0.05) is 18.8 Å². The highest BCUT2D eigenvalue weighted by molar-refractivity contribution is 5.97. The van der Waals surface area contributed by atoms with Crippen molar-refractivity contribution in [2.45, 2.75) is 40.7 Å². The van der Waals surface area contributed by atoms with Crippen molar-refractivity contribution in [3.63, 3.8) is 0 Å². The van der Waals surface area contributed by atoms with E-state index in [2.05, 4.69) is 5.10 Å². The second kappa shape index (κ2) is 6.36. The predicted octanol–water partition coefficient (Wildman–Crippen LogP) is 1.46. The topological polar surface area (TPSA) is 75.4 Å². The molecule has 0 radical (unpaired) electrons. The van der Waals surface area contributed by atoms with E-state index in [0.29, 0.717) is 17.8 Å². The molecule has 0 aromatic carbocycles.